The topological polar surface area (TPSA) is 35.5 Å². The third kappa shape index (κ3) is 6.90. The Kier molecular flexibility index (Phi) is 6.48. The number of carbonyl (C=O) groups excluding carboxylic acids is 1. The van der Waals surface area contributed by atoms with E-state index in [1.54, 1.807) is 6.08 Å². The largest absolute Gasteiger partial charge is 0.508 e. The molecule has 3 heteroatoms. The molecule has 0 heterocycles. The van der Waals surface area contributed by atoms with Gasteiger partial charge in [0.05, 0.1) is 7.11 Å². The Hall–Kier alpha value is -0.990. The molecule has 64 valence electrons. The van der Waals surface area contributed by atoms with Gasteiger partial charge in [-0.25, -0.2) is 4.79 Å². The van der Waals surface area contributed by atoms with Crippen molar-refractivity contribution < 1.29 is 14.3 Å². The highest BCUT2D eigenvalue weighted by Gasteiger charge is 1.94. The second-order valence-corrected chi connectivity index (χ2v) is 2.03. The van der Waals surface area contributed by atoms with Gasteiger partial charge in [0.2, 0.25) is 0 Å². The third-order valence-electron chi connectivity index (χ3n) is 1.09. The van der Waals surface area contributed by atoms with Crippen molar-refractivity contribution in [2.24, 2.45) is 0 Å². The Balaban J connectivity index is 3.19. The van der Waals surface area contributed by atoms with E-state index >= 15 is 0 Å². The van der Waals surface area contributed by atoms with Crippen LogP contribution in [-0.2, 0) is 9.47 Å². The fraction of sp³-hybridized carbons (Fsp3) is 0.625. The van der Waals surface area contributed by atoms with Crippen molar-refractivity contribution in [2.45, 2.75) is 19.8 Å². The smallest absolute Gasteiger partial charge is 0.438 e. The lowest BCUT2D eigenvalue weighted by Crippen LogP contribution is -2.03. The van der Waals surface area contributed by atoms with Crippen LogP contribution < -0.4 is 0 Å². The molecule has 0 amide bonds. The number of rotatable bonds is 4. The summed E-state index contributed by atoms with van der Waals surface area (Å²) in [6.07, 6.45) is 5.27. The van der Waals surface area contributed by atoms with Crippen molar-refractivity contribution in [1.82, 2.24) is 0 Å². The Bertz CT molecular complexity index is 129. The first-order valence-corrected chi connectivity index (χ1v) is 3.67. The number of unbranched alkanes of at least 4 members (excludes halogenated alkanes) is 1. The molecule has 0 aliphatic carbocycles. The summed E-state index contributed by atoms with van der Waals surface area (Å²) in [5.41, 5.74) is 0. The molecule has 0 saturated carbocycles. The van der Waals surface area contributed by atoms with E-state index in [-0.39, 0.29) is 0 Å². The van der Waals surface area contributed by atoms with Gasteiger partial charge in [-0.1, -0.05) is 25.5 Å². The van der Waals surface area contributed by atoms with Gasteiger partial charge in [0.25, 0.3) is 0 Å². The van der Waals surface area contributed by atoms with Crippen LogP contribution in [0.3, 0.4) is 0 Å². The summed E-state index contributed by atoms with van der Waals surface area (Å²) in [5.74, 6) is 0. The van der Waals surface area contributed by atoms with Crippen LogP contribution in [0.2, 0.25) is 0 Å². The number of carbonyl (C=O) groups is 1. The average molecular weight is 158 g/mol. The molecular weight excluding hydrogens is 144 g/mol. The summed E-state index contributed by atoms with van der Waals surface area (Å²) >= 11 is 0. The van der Waals surface area contributed by atoms with E-state index in [4.69, 9.17) is 0 Å². The van der Waals surface area contributed by atoms with Crippen LogP contribution in [0.5, 0.6) is 0 Å². The monoisotopic (exact) mass is 158 g/mol. The molecular formula is C8H14O3. The summed E-state index contributed by atoms with van der Waals surface area (Å²) in [7, 11) is 1.29. The minimum Gasteiger partial charge on any atom is -0.438 e. The number of ether oxygens (including phenoxy) is 2. The maximum Gasteiger partial charge on any atom is 0.508 e. The van der Waals surface area contributed by atoms with Crippen molar-refractivity contribution in [3.8, 4) is 0 Å². The normalized spacial score (nSPS) is 10.0. The lowest BCUT2D eigenvalue weighted by Gasteiger charge is -1.96. The minimum absolute atomic E-state index is 0.298. The molecule has 0 radical (unpaired) electrons. The average Bonchev–Trinajstić information content (AvgIpc) is 2.04. The van der Waals surface area contributed by atoms with E-state index in [1.807, 2.05) is 6.08 Å². The number of allylic oxidation sites excluding steroid dienone is 1. The highest BCUT2D eigenvalue weighted by molar-refractivity contribution is 5.59. The Morgan fingerprint density at radius 1 is 1.45 bits per heavy atom. The van der Waals surface area contributed by atoms with Gasteiger partial charge in [-0.3, -0.25) is 0 Å². The maximum absolute atomic E-state index is 10.4. The predicted octanol–water partition coefficient (Wildman–Crippen LogP) is 2.13. The molecule has 0 saturated heterocycles. The highest BCUT2D eigenvalue weighted by atomic mass is 16.7. The summed E-state index contributed by atoms with van der Waals surface area (Å²) in [5, 5.41) is 0. The van der Waals surface area contributed by atoms with Crippen LogP contribution in [0.1, 0.15) is 19.8 Å². The fourth-order valence-corrected chi connectivity index (χ4v) is 0.528. The highest BCUT2D eigenvalue weighted by Crippen LogP contribution is 1.89. The van der Waals surface area contributed by atoms with Crippen LogP contribution in [0.25, 0.3) is 0 Å². The zero-order chi connectivity index (χ0) is 8.53. The molecule has 0 N–H and O–H groups in total. The number of methoxy groups -OCH3 is 1. The van der Waals surface area contributed by atoms with Gasteiger partial charge in [-0.05, 0) is 6.42 Å². The van der Waals surface area contributed by atoms with E-state index in [0.29, 0.717) is 6.61 Å². The van der Waals surface area contributed by atoms with Gasteiger partial charge in [-0.15, -0.1) is 0 Å². The number of hydrogen-bond acceptors (Lipinski definition) is 3. The van der Waals surface area contributed by atoms with Crippen molar-refractivity contribution in [3.63, 3.8) is 0 Å². The molecule has 0 aliphatic heterocycles. The summed E-state index contributed by atoms with van der Waals surface area (Å²) in [6.45, 7) is 2.39. The van der Waals surface area contributed by atoms with Crippen LogP contribution in [0, 0.1) is 0 Å². The van der Waals surface area contributed by atoms with E-state index in [0.717, 1.165) is 12.8 Å². The molecule has 11 heavy (non-hydrogen) atoms. The zero-order valence-corrected chi connectivity index (χ0v) is 7.00. The second kappa shape index (κ2) is 7.12. The first-order valence-electron chi connectivity index (χ1n) is 3.67. The molecule has 0 aliphatic rings. The van der Waals surface area contributed by atoms with Gasteiger partial charge < -0.3 is 9.47 Å². The lowest BCUT2D eigenvalue weighted by atomic mass is 10.3. The third-order valence-corrected chi connectivity index (χ3v) is 1.09. The summed E-state index contributed by atoms with van der Waals surface area (Å²) < 4.78 is 8.85. The lowest BCUT2D eigenvalue weighted by molar-refractivity contribution is 0.0817. The van der Waals surface area contributed by atoms with Gasteiger partial charge in [0, 0.05) is 0 Å². The number of hydrogen-bond donors (Lipinski definition) is 0. The molecule has 0 aromatic rings. The van der Waals surface area contributed by atoms with Gasteiger partial charge in [0.15, 0.2) is 0 Å². The molecule has 0 unspecified atom stereocenters. The minimum atomic E-state index is -0.633. The predicted molar refractivity (Wildman–Crippen MR) is 42.4 cm³/mol. The molecule has 3 nitrogen and oxygen atoms in total. The Labute approximate surface area is 67.0 Å². The molecule has 0 atom stereocenters. The molecule has 0 spiro atoms. The molecule has 0 bridgehead atoms. The van der Waals surface area contributed by atoms with Gasteiger partial charge in [-0.2, -0.15) is 0 Å². The molecule has 0 aromatic heterocycles. The first kappa shape index (κ1) is 10.0. The van der Waals surface area contributed by atoms with Crippen molar-refractivity contribution in [1.29, 1.82) is 0 Å². The standard InChI is InChI=1S/C8H14O3/c1-3-4-5-6-7-11-8(9)10-2/h5-6H,3-4,7H2,1-2H3/b6-5-. The molecule has 0 aromatic carbocycles. The first-order chi connectivity index (χ1) is 5.31. The van der Waals surface area contributed by atoms with E-state index < -0.39 is 6.16 Å². The molecule has 0 rings (SSSR count). The van der Waals surface area contributed by atoms with Crippen LogP contribution >= 0.6 is 0 Å². The van der Waals surface area contributed by atoms with Gasteiger partial charge in [0.1, 0.15) is 6.61 Å². The van der Waals surface area contributed by atoms with Crippen LogP contribution in [0.15, 0.2) is 12.2 Å². The second-order valence-electron chi connectivity index (χ2n) is 2.03. The van der Waals surface area contributed by atoms with E-state index in [9.17, 15) is 4.79 Å². The maximum atomic E-state index is 10.4. The molecule has 0 fully saturated rings. The summed E-state index contributed by atoms with van der Waals surface area (Å²) in [4.78, 5) is 10.4. The quantitative estimate of drug-likeness (QED) is 0.464. The zero-order valence-electron chi connectivity index (χ0n) is 7.00. The van der Waals surface area contributed by atoms with E-state index in [1.165, 1.54) is 7.11 Å². The Morgan fingerprint density at radius 3 is 2.73 bits per heavy atom. The van der Waals surface area contributed by atoms with Crippen molar-refractivity contribution in [3.05, 3.63) is 12.2 Å². The van der Waals surface area contributed by atoms with E-state index in [2.05, 4.69) is 16.4 Å². The summed E-state index contributed by atoms with van der Waals surface area (Å²) in [6, 6.07) is 0. The van der Waals surface area contributed by atoms with Crippen molar-refractivity contribution in [2.75, 3.05) is 13.7 Å². The van der Waals surface area contributed by atoms with Gasteiger partial charge >= 0.3 is 6.16 Å². The SMILES string of the molecule is CCC/C=C\COC(=O)OC. The van der Waals surface area contributed by atoms with Crippen LogP contribution in [-0.4, -0.2) is 19.9 Å². The van der Waals surface area contributed by atoms with Crippen molar-refractivity contribution >= 4 is 6.16 Å². The Morgan fingerprint density at radius 2 is 2.18 bits per heavy atom. The fourth-order valence-electron chi connectivity index (χ4n) is 0.528. The van der Waals surface area contributed by atoms with Crippen LogP contribution in [0.4, 0.5) is 4.79 Å².